The summed E-state index contributed by atoms with van der Waals surface area (Å²) in [4.78, 5) is 37.2. The van der Waals surface area contributed by atoms with Crippen LogP contribution in [-0.2, 0) is 9.59 Å². The fourth-order valence-corrected chi connectivity index (χ4v) is 2.87. The predicted octanol–water partition coefficient (Wildman–Crippen LogP) is 1.26. The molecule has 0 bridgehead atoms. The number of rotatable bonds is 5. The van der Waals surface area contributed by atoms with E-state index >= 15 is 0 Å². The van der Waals surface area contributed by atoms with E-state index in [0.29, 0.717) is 6.42 Å². The average Bonchev–Trinajstić information content (AvgIpc) is 3.04. The summed E-state index contributed by atoms with van der Waals surface area (Å²) in [5, 5.41) is 6.61. The minimum Gasteiger partial charge on any atom is -0.338 e. The highest BCUT2D eigenvalue weighted by atomic mass is 32.1. The van der Waals surface area contributed by atoms with Gasteiger partial charge in [-0.3, -0.25) is 14.9 Å². The second-order valence-corrected chi connectivity index (χ2v) is 5.73. The van der Waals surface area contributed by atoms with Crippen LogP contribution in [0.5, 0.6) is 0 Å². The first-order chi connectivity index (χ1) is 9.49. The Morgan fingerprint density at radius 1 is 1.50 bits per heavy atom. The van der Waals surface area contributed by atoms with E-state index in [9.17, 15) is 14.4 Å². The zero-order valence-corrected chi connectivity index (χ0v) is 12.2. The van der Waals surface area contributed by atoms with E-state index in [1.165, 1.54) is 0 Å². The molecular weight excluding hydrogens is 278 g/mol. The third kappa shape index (κ3) is 3.16. The van der Waals surface area contributed by atoms with E-state index in [4.69, 9.17) is 0 Å². The first kappa shape index (κ1) is 14.5. The van der Waals surface area contributed by atoms with Crippen molar-refractivity contribution < 1.29 is 14.4 Å². The van der Waals surface area contributed by atoms with Crippen molar-refractivity contribution in [2.24, 2.45) is 0 Å². The monoisotopic (exact) mass is 295 g/mol. The molecule has 1 fully saturated rings. The first-order valence-corrected chi connectivity index (χ1v) is 7.27. The summed E-state index contributed by atoms with van der Waals surface area (Å²) >= 11 is 1.61. The lowest BCUT2D eigenvalue weighted by Gasteiger charge is -2.24. The van der Waals surface area contributed by atoms with Gasteiger partial charge < -0.3 is 10.2 Å². The van der Waals surface area contributed by atoms with E-state index < -0.39 is 12.1 Å². The van der Waals surface area contributed by atoms with Crippen LogP contribution in [0.25, 0.3) is 0 Å². The van der Waals surface area contributed by atoms with Crippen molar-refractivity contribution >= 4 is 29.2 Å². The van der Waals surface area contributed by atoms with Crippen LogP contribution < -0.4 is 10.6 Å². The summed E-state index contributed by atoms with van der Waals surface area (Å²) in [6, 6.07) is 2.86. The molecule has 0 saturated carbocycles. The van der Waals surface area contributed by atoms with Crippen molar-refractivity contribution in [2.45, 2.75) is 31.8 Å². The molecule has 7 heteroatoms. The lowest BCUT2D eigenvalue weighted by molar-refractivity contribution is -0.132. The van der Waals surface area contributed by atoms with Gasteiger partial charge in [0.2, 0.25) is 5.91 Å². The van der Waals surface area contributed by atoms with Crippen molar-refractivity contribution in [3.05, 3.63) is 22.4 Å². The molecule has 20 heavy (non-hydrogen) atoms. The quantitative estimate of drug-likeness (QED) is 0.803. The molecule has 2 atom stereocenters. The summed E-state index contributed by atoms with van der Waals surface area (Å²) in [6.07, 6.45) is 0.544. The Labute approximate surface area is 121 Å². The zero-order chi connectivity index (χ0) is 14.7. The highest BCUT2D eigenvalue weighted by molar-refractivity contribution is 7.10. The van der Waals surface area contributed by atoms with Gasteiger partial charge in [0, 0.05) is 18.3 Å². The van der Waals surface area contributed by atoms with Crippen molar-refractivity contribution in [1.29, 1.82) is 0 Å². The summed E-state index contributed by atoms with van der Waals surface area (Å²) in [5.41, 5.74) is 0. The van der Waals surface area contributed by atoms with Crippen LogP contribution in [0.2, 0.25) is 0 Å². The Morgan fingerprint density at radius 3 is 2.80 bits per heavy atom. The van der Waals surface area contributed by atoms with Gasteiger partial charge in [0.05, 0.1) is 6.04 Å². The molecule has 2 heterocycles. The first-order valence-electron chi connectivity index (χ1n) is 6.39. The maximum atomic E-state index is 12.1. The molecule has 0 aliphatic carbocycles. The van der Waals surface area contributed by atoms with Gasteiger partial charge in [-0.25, -0.2) is 4.79 Å². The molecule has 4 amide bonds. The second kappa shape index (κ2) is 6.04. The number of thiophene rings is 1. The number of nitrogens with zero attached hydrogens (tertiary/aromatic N) is 1. The van der Waals surface area contributed by atoms with Gasteiger partial charge in [-0.05, 0) is 24.8 Å². The third-order valence-corrected chi connectivity index (χ3v) is 4.48. The van der Waals surface area contributed by atoms with Crippen molar-refractivity contribution in [2.75, 3.05) is 7.05 Å². The van der Waals surface area contributed by atoms with E-state index in [2.05, 4.69) is 10.6 Å². The third-order valence-electron chi connectivity index (χ3n) is 3.43. The second-order valence-electron chi connectivity index (χ2n) is 4.75. The maximum absolute atomic E-state index is 12.1. The standard InChI is InChI=1S/C13H17N3O3S/c1-8(10-4-3-7-20-10)16(2)11(17)6-5-9-12(18)15-13(19)14-9/h3-4,7-9H,5-6H2,1-2H3,(H2,14,15,18,19)/t8-,9-/m1/s1. The van der Waals surface area contributed by atoms with Crippen molar-refractivity contribution in [3.8, 4) is 0 Å². The Balaban J connectivity index is 1.85. The molecule has 0 aromatic carbocycles. The average molecular weight is 295 g/mol. The molecule has 1 saturated heterocycles. The highest BCUT2D eigenvalue weighted by Gasteiger charge is 2.30. The molecule has 1 aromatic heterocycles. The van der Waals surface area contributed by atoms with E-state index in [1.54, 1.807) is 23.3 Å². The topological polar surface area (TPSA) is 78.5 Å². The van der Waals surface area contributed by atoms with Gasteiger partial charge in [-0.1, -0.05) is 6.07 Å². The fraction of sp³-hybridized carbons (Fsp3) is 0.462. The molecule has 0 spiro atoms. The van der Waals surface area contributed by atoms with Gasteiger partial charge >= 0.3 is 6.03 Å². The Bertz CT molecular complexity index is 515. The largest absolute Gasteiger partial charge is 0.338 e. The van der Waals surface area contributed by atoms with Crippen LogP contribution in [0.15, 0.2) is 17.5 Å². The molecule has 2 N–H and O–H groups in total. The number of imide groups is 1. The number of urea groups is 1. The summed E-state index contributed by atoms with van der Waals surface area (Å²) in [5.74, 6) is -0.406. The molecule has 108 valence electrons. The number of carbonyl (C=O) groups excluding carboxylic acids is 3. The minimum atomic E-state index is -0.600. The Kier molecular flexibility index (Phi) is 4.39. The molecule has 0 unspecified atom stereocenters. The Morgan fingerprint density at radius 2 is 2.25 bits per heavy atom. The lowest BCUT2D eigenvalue weighted by atomic mass is 10.1. The highest BCUT2D eigenvalue weighted by Crippen LogP contribution is 2.24. The minimum absolute atomic E-state index is 0.00879. The molecule has 2 rings (SSSR count). The predicted molar refractivity (Wildman–Crippen MR) is 75.2 cm³/mol. The smallest absolute Gasteiger partial charge is 0.322 e. The number of hydrogen-bond donors (Lipinski definition) is 2. The summed E-state index contributed by atoms with van der Waals surface area (Å²) < 4.78 is 0. The van der Waals surface area contributed by atoms with Crippen LogP contribution in [-0.4, -0.2) is 35.8 Å². The van der Waals surface area contributed by atoms with Crippen molar-refractivity contribution in [1.82, 2.24) is 15.5 Å². The van der Waals surface area contributed by atoms with E-state index in [-0.39, 0.29) is 24.3 Å². The summed E-state index contributed by atoms with van der Waals surface area (Å²) in [7, 11) is 1.75. The van der Waals surface area contributed by atoms with Crippen LogP contribution in [0, 0.1) is 0 Å². The lowest BCUT2D eigenvalue weighted by Crippen LogP contribution is -2.33. The van der Waals surface area contributed by atoms with Gasteiger partial charge in [0.15, 0.2) is 0 Å². The molecule has 0 radical (unpaired) electrons. The van der Waals surface area contributed by atoms with E-state index in [0.717, 1.165) is 4.88 Å². The van der Waals surface area contributed by atoms with Crippen LogP contribution in [0.1, 0.15) is 30.7 Å². The number of nitrogens with one attached hydrogen (secondary N) is 2. The summed E-state index contributed by atoms with van der Waals surface area (Å²) in [6.45, 7) is 1.97. The maximum Gasteiger partial charge on any atom is 0.322 e. The van der Waals surface area contributed by atoms with Gasteiger partial charge in [-0.2, -0.15) is 0 Å². The molecule has 1 aliphatic heterocycles. The fourth-order valence-electron chi connectivity index (χ4n) is 2.04. The molecule has 1 aliphatic rings. The van der Waals surface area contributed by atoms with Gasteiger partial charge in [0.1, 0.15) is 6.04 Å². The number of carbonyl (C=O) groups is 3. The SMILES string of the molecule is C[C@H](c1cccs1)N(C)C(=O)CC[C@H]1NC(=O)NC1=O. The van der Waals surface area contributed by atoms with Gasteiger partial charge in [-0.15, -0.1) is 11.3 Å². The van der Waals surface area contributed by atoms with Crippen LogP contribution in [0.3, 0.4) is 0 Å². The Hall–Kier alpha value is -1.89. The molecular formula is C13H17N3O3S. The van der Waals surface area contributed by atoms with E-state index in [1.807, 2.05) is 24.4 Å². The van der Waals surface area contributed by atoms with Gasteiger partial charge in [0.25, 0.3) is 5.91 Å². The van der Waals surface area contributed by atoms with Crippen molar-refractivity contribution in [3.63, 3.8) is 0 Å². The van der Waals surface area contributed by atoms with Crippen LogP contribution >= 0.6 is 11.3 Å². The van der Waals surface area contributed by atoms with Crippen LogP contribution in [0.4, 0.5) is 4.79 Å². The number of hydrogen-bond acceptors (Lipinski definition) is 4. The molecule has 6 nitrogen and oxygen atoms in total. The molecule has 1 aromatic rings. The normalized spacial score (nSPS) is 19.4. The zero-order valence-electron chi connectivity index (χ0n) is 11.4. The number of amides is 4.